The van der Waals surface area contributed by atoms with Gasteiger partial charge in [0.15, 0.2) is 5.69 Å². The summed E-state index contributed by atoms with van der Waals surface area (Å²) in [5.74, 6) is -0.227. The number of nitrogens with one attached hydrogen (secondary N) is 1. The van der Waals surface area contributed by atoms with E-state index in [1.807, 2.05) is 48.5 Å². The van der Waals surface area contributed by atoms with Crippen molar-refractivity contribution in [2.75, 3.05) is 7.11 Å². The molecule has 0 fully saturated rings. The first-order chi connectivity index (χ1) is 11.0. The lowest BCUT2D eigenvalue weighted by Crippen LogP contribution is -2.36. The average molecular weight is 356 g/mol. The number of hydrogen-bond acceptors (Lipinski definition) is 6. The molecule has 136 valence electrons. The zero-order valence-electron chi connectivity index (χ0n) is 15.7. The van der Waals surface area contributed by atoms with E-state index >= 15 is 0 Å². The van der Waals surface area contributed by atoms with Crippen LogP contribution in [0.15, 0.2) is 0 Å². The predicted octanol–water partition coefficient (Wildman–Crippen LogP) is 4.27. The summed E-state index contributed by atoms with van der Waals surface area (Å²) < 4.78 is 10.1. The Morgan fingerprint density at radius 2 is 1.75 bits per heavy atom. The van der Waals surface area contributed by atoms with Crippen molar-refractivity contribution >= 4 is 23.4 Å². The minimum Gasteiger partial charge on any atom is -0.464 e. The van der Waals surface area contributed by atoms with E-state index in [1.54, 1.807) is 0 Å². The fourth-order valence-corrected chi connectivity index (χ4v) is 3.35. The highest BCUT2D eigenvalue weighted by Gasteiger charge is 2.29. The fourth-order valence-electron chi connectivity index (χ4n) is 2.06. The lowest BCUT2D eigenvalue weighted by Gasteiger charge is -2.24. The Hall–Kier alpha value is -1.63. The van der Waals surface area contributed by atoms with Gasteiger partial charge in [-0.1, -0.05) is 27.7 Å². The van der Waals surface area contributed by atoms with Crippen LogP contribution in [-0.4, -0.2) is 29.8 Å². The molecule has 1 amide bonds. The zero-order chi connectivity index (χ0) is 18.7. The van der Waals surface area contributed by atoms with Gasteiger partial charge >= 0.3 is 12.1 Å². The maximum atomic E-state index is 12.1. The third-order valence-corrected chi connectivity index (χ3v) is 4.62. The first kappa shape index (κ1) is 20.4. The molecule has 0 aliphatic heterocycles. The number of amides is 1. The maximum absolute atomic E-state index is 12.1. The molecular formula is C17H28N2O4S. The summed E-state index contributed by atoms with van der Waals surface area (Å²) in [6, 6.07) is -0.333. The van der Waals surface area contributed by atoms with E-state index in [1.165, 1.54) is 18.4 Å². The van der Waals surface area contributed by atoms with Gasteiger partial charge in [0, 0.05) is 4.88 Å². The molecule has 1 aromatic heterocycles. The van der Waals surface area contributed by atoms with Crippen LogP contribution in [0.1, 0.15) is 80.8 Å². The van der Waals surface area contributed by atoms with Crippen molar-refractivity contribution in [1.82, 2.24) is 10.3 Å². The molecule has 7 heteroatoms. The van der Waals surface area contributed by atoms with Gasteiger partial charge in [-0.25, -0.2) is 14.6 Å². The molecule has 24 heavy (non-hydrogen) atoms. The molecule has 0 unspecified atom stereocenters. The second-order valence-electron chi connectivity index (χ2n) is 7.28. The van der Waals surface area contributed by atoms with Gasteiger partial charge in [0.05, 0.1) is 13.2 Å². The number of aromatic nitrogens is 1. The number of thiazole rings is 1. The minimum atomic E-state index is -0.575. The summed E-state index contributed by atoms with van der Waals surface area (Å²) in [4.78, 5) is 29.4. The van der Waals surface area contributed by atoms with E-state index in [9.17, 15) is 9.59 Å². The Kier molecular flexibility index (Phi) is 6.77. The number of rotatable bonds is 5. The van der Waals surface area contributed by atoms with Crippen LogP contribution in [0.5, 0.6) is 0 Å². The Labute approximate surface area is 148 Å². The van der Waals surface area contributed by atoms with Crippen molar-refractivity contribution in [2.45, 2.75) is 66.0 Å². The Balaban J connectivity index is 3.13. The van der Waals surface area contributed by atoms with E-state index in [2.05, 4.69) is 10.3 Å². The van der Waals surface area contributed by atoms with Gasteiger partial charge < -0.3 is 14.8 Å². The first-order valence-corrected chi connectivity index (χ1v) is 8.86. The number of carbonyl (C=O) groups excluding carboxylic acids is 2. The van der Waals surface area contributed by atoms with Crippen molar-refractivity contribution in [3.05, 3.63) is 15.6 Å². The predicted molar refractivity (Wildman–Crippen MR) is 94.5 cm³/mol. The molecule has 1 rings (SSSR count). The quantitative estimate of drug-likeness (QED) is 0.797. The van der Waals surface area contributed by atoms with E-state index in [0.717, 1.165) is 4.88 Å². The van der Waals surface area contributed by atoms with E-state index in [0.29, 0.717) is 10.7 Å². The van der Waals surface area contributed by atoms with Gasteiger partial charge in [0.1, 0.15) is 10.6 Å². The number of carbonyl (C=O) groups is 2. The molecule has 0 radical (unpaired) electrons. The minimum absolute atomic E-state index is 0.0918. The van der Waals surface area contributed by atoms with Gasteiger partial charge in [0.25, 0.3) is 0 Å². The molecule has 0 aliphatic rings. The molecule has 1 heterocycles. The highest BCUT2D eigenvalue weighted by molar-refractivity contribution is 7.12. The van der Waals surface area contributed by atoms with Crippen molar-refractivity contribution in [1.29, 1.82) is 0 Å². The zero-order valence-corrected chi connectivity index (χ0v) is 16.5. The summed E-state index contributed by atoms with van der Waals surface area (Å²) in [6.45, 7) is 13.4. The van der Waals surface area contributed by atoms with Crippen molar-refractivity contribution in [3.63, 3.8) is 0 Å². The third-order valence-electron chi connectivity index (χ3n) is 3.18. The maximum Gasteiger partial charge on any atom is 0.408 e. The molecule has 0 aromatic carbocycles. The average Bonchev–Trinajstić information content (AvgIpc) is 2.86. The van der Waals surface area contributed by atoms with Crippen LogP contribution in [0.4, 0.5) is 4.79 Å². The second-order valence-corrected chi connectivity index (χ2v) is 8.34. The molecule has 1 aromatic rings. The standard InChI is InChI=1S/C17H28N2O4S/c1-9(2)11(19-16(21)23-17(5,6)7)14-18-12(15(20)22-8)13(24-14)10(3)4/h9-11H,1-8H3,(H,19,21)/t11-/m1/s1. The number of alkyl carbamates (subject to hydrolysis) is 1. The van der Waals surface area contributed by atoms with Gasteiger partial charge in [-0.05, 0) is 32.6 Å². The molecular weight excluding hydrogens is 328 g/mol. The van der Waals surface area contributed by atoms with Crippen molar-refractivity contribution < 1.29 is 19.1 Å². The largest absolute Gasteiger partial charge is 0.464 e. The van der Waals surface area contributed by atoms with Crippen LogP contribution >= 0.6 is 11.3 Å². The normalized spacial score (nSPS) is 13.1. The Morgan fingerprint density at radius 3 is 2.17 bits per heavy atom. The van der Waals surface area contributed by atoms with Crippen LogP contribution in [0.3, 0.4) is 0 Å². The molecule has 0 bridgehead atoms. The molecule has 6 nitrogen and oxygen atoms in total. The number of ether oxygens (including phenoxy) is 2. The van der Waals surface area contributed by atoms with Crippen molar-refractivity contribution in [3.8, 4) is 0 Å². The van der Waals surface area contributed by atoms with E-state index < -0.39 is 17.7 Å². The SMILES string of the molecule is COC(=O)c1nc([C@H](NC(=O)OC(C)(C)C)C(C)C)sc1C(C)C. The molecule has 0 spiro atoms. The highest BCUT2D eigenvalue weighted by atomic mass is 32.1. The lowest BCUT2D eigenvalue weighted by atomic mass is 10.1. The Bertz CT molecular complexity index is 588. The topological polar surface area (TPSA) is 77.5 Å². The van der Waals surface area contributed by atoms with E-state index in [-0.39, 0.29) is 17.9 Å². The molecule has 1 atom stereocenters. The summed E-state index contributed by atoms with van der Waals surface area (Å²) in [7, 11) is 1.34. The van der Waals surface area contributed by atoms with Gasteiger partial charge in [-0.2, -0.15) is 0 Å². The van der Waals surface area contributed by atoms with Crippen molar-refractivity contribution in [2.24, 2.45) is 5.92 Å². The summed E-state index contributed by atoms with van der Waals surface area (Å²) in [5.41, 5.74) is -0.251. The van der Waals surface area contributed by atoms with Crippen LogP contribution in [0, 0.1) is 5.92 Å². The molecule has 0 saturated heterocycles. The van der Waals surface area contributed by atoms with Gasteiger partial charge in [-0.15, -0.1) is 11.3 Å². The summed E-state index contributed by atoms with van der Waals surface area (Å²) >= 11 is 1.43. The monoisotopic (exact) mass is 356 g/mol. The van der Waals surface area contributed by atoms with Gasteiger partial charge in [-0.3, -0.25) is 0 Å². The number of methoxy groups -OCH3 is 1. The molecule has 0 saturated carbocycles. The van der Waals surface area contributed by atoms with Crippen LogP contribution < -0.4 is 5.32 Å². The number of nitrogens with zero attached hydrogens (tertiary/aromatic N) is 1. The van der Waals surface area contributed by atoms with E-state index in [4.69, 9.17) is 9.47 Å². The Morgan fingerprint density at radius 1 is 1.17 bits per heavy atom. The molecule has 1 N–H and O–H groups in total. The number of hydrogen-bond donors (Lipinski definition) is 1. The smallest absolute Gasteiger partial charge is 0.408 e. The number of esters is 1. The first-order valence-electron chi connectivity index (χ1n) is 8.04. The molecule has 0 aliphatic carbocycles. The summed E-state index contributed by atoms with van der Waals surface area (Å²) in [5, 5.41) is 3.54. The van der Waals surface area contributed by atoms with Gasteiger partial charge in [0.2, 0.25) is 0 Å². The van der Waals surface area contributed by atoms with Crippen LogP contribution in [0.25, 0.3) is 0 Å². The summed E-state index contributed by atoms with van der Waals surface area (Å²) in [6.07, 6.45) is -0.498. The van der Waals surface area contributed by atoms with Crippen LogP contribution in [0.2, 0.25) is 0 Å². The second kappa shape index (κ2) is 7.96. The fraction of sp³-hybridized carbons (Fsp3) is 0.706. The highest BCUT2D eigenvalue weighted by Crippen LogP contribution is 2.33. The third kappa shape index (κ3) is 5.47. The lowest BCUT2D eigenvalue weighted by molar-refractivity contribution is 0.0489. The van der Waals surface area contributed by atoms with Crippen LogP contribution in [-0.2, 0) is 9.47 Å².